The number of halogens is 1. The molecule has 0 radical (unpaired) electrons. The number of nitrogens with one attached hydrogen (secondary N) is 2. The molecule has 0 amide bonds. The van der Waals surface area contributed by atoms with E-state index in [1.165, 1.54) is 10.2 Å². The van der Waals surface area contributed by atoms with E-state index in [1.54, 1.807) is 6.20 Å². The standard InChI is InChI=1S/C24H27ClN4O2/c1-18(19-8-4-2-5-9-19)28-24(12-14-31-15-13-24)17-26-21-16-27-29(23(30)22(21)25)20-10-6-3-7-11-20/h2-11,16,18,26,28H,12-15,17H2,1H3. The molecule has 162 valence electrons. The second-order valence-corrected chi connectivity index (χ2v) is 8.33. The highest BCUT2D eigenvalue weighted by molar-refractivity contribution is 6.32. The molecule has 0 aliphatic carbocycles. The van der Waals surface area contributed by atoms with E-state index in [0.717, 1.165) is 12.8 Å². The summed E-state index contributed by atoms with van der Waals surface area (Å²) in [5.74, 6) is 0. The quantitative estimate of drug-likeness (QED) is 0.578. The van der Waals surface area contributed by atoms with Crippen molar-refractivity contribution in [3.05, 3.63) is 87.8 Å². The molecule has 1 fully saturated rings. The molecule has 2 heterocycles. The highest BCUT2D eigenvalue weighted by Gasteiger charge is 2.34. The zero-order valence-electron chi connectivity index (χ0n) is 17.6. The Kier molecular flexibility index (Phi) is 6.70. The van der Waals surface area contributed by atoms with Crippen LogP contribution in [0.4, 0.5) is 5.69 Å². The molecule has 1 aliphatic heterocycles. The molecular weight excluding hydrogens is 412 g/mol. The number of hydrogen-bond donors (Lipinski definition) is 2. The minimum absolute atomic E-state index is 0.136. The van der Waals surface area contributed by atoms with Crippen molar-refractivity contribution in [3.63, 3.8) is 0 Å². The molecule has 1 atom stereocenters. The van der Waals surface area contributed by atoms with Crippen molar-refractivity contribution in [2.75, 3.05) is 25.1 Å². The lowest BCUT2D eigenvalue weighted by atomic mass is 9.88. The van der Waals surface area contributed by atoms with Crippen molar-refractivity contribution >= 4 is 17.3 Å². The van der Waals surface area contributed by atoms with Crippen LogP contribution >= 0.6 is 11.6 Å². The average molecular weight is 439 g/mol. The Hall–Kier alpha value is -2.67. The molecule has 1 aromatic heterocycles. The maximum atomic E-state index is 12.8. The van der Waals surface area contributed by atoms with E-state index >= 15 is 0 Å². The van der Waals surface area contributed by atoms with Gasteiger partial charge in [-0.2, -0.15) is 9.78 Å². The van der Waals surface area contributed by atoms with E-state index in [4.69, 9.17) is 16.3 Å². The van der Waals surface area contributed by atoms with Gasteiger partial charge in [-0.1, -0.05) is 60.1 Å². The molecule has 1 saturated heterocycles. The van der Waals surface area contributed by atoms with Crippen molar-refractivity contribution in [2.45, 2.75) is 31.3 Å². The fourth-order valence-electron chi connectivity index (χ4n) is 3.99. The molecular formula is C24H27ClN4O2. The molecule has 2 aromatic carbocycles. The SMILES string of the molecule is CC(NC1(CNc2cnn(-c3ccccc3)c(=O)c2Cl)CCOCC1)c1ccccc1. The molecule has 2 N–H and O–H groups in total. The van der Waals surface area contributed by atoms with Crippen LogP contribution in [0, 0.1) is 0 Å². The Bertz CT molecular complexity index is 1050. The normalized spacial score (nSPS) is 16.6. The third kappa shape index (κ3) is 4.98. The summed E-state index contributed by atoms with van der Waals surface area (Å²) in [6, 6.07) is 19.8. The molecule has 7 heteroatoms. The first kappa shape index (κ1) is 21.6. The van der Waals surface area contributed by atoms with Gasteiger partial charge < -0.3 is 15.4 Å². The van der Waals surface area contributed by atoms with Crippen molar-refractivity contribution in [3.8, 4) is 5.69 Å². The molecule has 3 aromatic rings. The predicted molar refractivity (Wildman–Crippen MR) is 124 cm³/mol. The Labute approximate surface area is 187 Å². The summed E-state index contributed by atoms with van der Waals surface area (Å²) in [5.41, 5.74) is 1.94. The number of ether oxygens (including phenoxy) is 1. The van der Waals surface area contributed by atoms with Gasteiger partial charge in [0.25, 0.3) is 5.56 Å². The number of nitrogens with zero attached hydrogens (tertiary/aromatic N) is 2. The van der Waals surface area contributed by atoms with E-state index in [-0.39, 0.29) is 22.2 Å². The van der Waals surface area contributed by atoms with Gasteiger partial charge >= 0.3 is 0 Å². The molecule has 0 bridgehead atoms. The monoisotopic (exact) mass is 438 g/mol. The Balaban J connectivity index is 1.52. The Morgan fingerprint density at radius 3 is 2.42 bits per heavy atom. The number of benzene rings is 2. The summed E-state index contributed by atoms with van der Waals surface area (Å²) < 4.78 is 6.93. The summed E-state index contributed by atoms with van der Waals surface area (Å²) in [7, 11) is 0. The fraction of sp³-hybridized carbons (Fsp3) is 0.333. The van der Waals surface area contributed by atoms with Crippen molar-refractivity contribution < 1.29 is 4.74 Å². The predicted octanol–water partition coefficient (Wildman–Crippen LogP) is 4.20. The summed E-state index contributed by atoms with van der Waals surface area (Å²) in [6.07, 6.45) is 3.34. The van der Waals surface area contributed by atoms with Gasteiger partial charge in [0, 0.05) is 31.3 Å². The van der Waals surface area contributed by atoms with Crippen LogP contribution in [0.15, 0.2) is 71.7 Å². The van der Waals surface area contributed by atoms with Gasteiger partial charge in [-0.3, -0.25) is 4.79 Å². The van der Waals surface area contributed by atoms with Crippen LogP contribution in [0.1, 0.15) is 31.4 Å². The fourth-order valence-corrected chi connectivity index (χ4v) is 4.19. The maximum absolute atomic E-state index is 12.8. The van der Waals surface area contributed by atoms with E-state index in [0.29, 0.717) is 31.1 Å². The second-order valence-electron chi connectivity index (χ2n) is 7.95. The lowest BCUT2D eigenvalue weighted by Crippen LogP contribution is -2.54. The van der Waals surface area contributed by atoms with Crippen molar-refractivity contribution in [1.29, 1.82) is 0 Å². The molecule has 1 unspecified atom stereocenters. The molecule has 31 heavy (non-hydrogen) atoms. The number of aromatic nitrogens is 2. The molecule has 4 rings (SSSR count). The summed E-state index contributed by atoms with van der Waals surface area (Å²) in [5, 5.41) is 11.6. The molecule has 6 nitrogen and oxygen atoms in total. The van der Waals surface area contributed by atoms with E-state index in [1.807, 2.05) is 36.4 Å². The molecule has 0 saturated carbocycles. The summed E-state index contributed by atoms with van der Waals surface area (Å²) in [6.45, 7) is 4.17. The number of anilines is 1. The van der Waals surface area contributed by atoms with E-state index < -0.39 is 0 Å². The van der Waals surface area contributed by atoms with E-state index in [2.05, 4.69) is 46.9 Å². The van der Waals surface area contributed by atoms with Gasteiger partial charge in [-0.15, -0.1) is 0 Å². The van der Waals surface area contributed by atoms with Crippen molar-refractivity contribution in [1.82, 2.24) is 15.1 Å². The second kappa shape index (κ2) is 9.64. The van der Waals surface area contributed by atoms with Gasteiger partial charge in [-0.25, -0.2) is 0 Å². The first-order valence-electron chi connectivity index (χ1n) is 10.6. The lowest BCUT2D eigenvalue weighted by molar-refractivity contribution is 0.0389. The maximum Gasteiger partial charge on any atom is 0.292 e. The smallest absolute Gasteiger partial charge is 0.292 e. The third-order valence-corrected chi connectivity index (χ3v) is 6.17. The van der Waals surface area contributed by atoms with Gasteiger partial charge in [0.2, 0.25) is 0 Å². The van der Waals surface area contributed by atoms with Crippen molar-refractivity contribution in [2.24, 2.45) is 0 Å². The lowest BCUT2D eigenvalue weighted by Gasteiger charge is -2.41. The average Bonchev–Trinajstić information content (AvgIpc) is 2.82. The van der Waals surface area contributed by atoms with Gasteiger partial charge in [0.1, 0.15) is 5.02 Å². The number of rotatable bonds is 7. The minimum Gasteiger partial charge on any atom is -0.381 e. The number of hydrogen-bond acceptors (Lipinski definition) is 5. The van der Waals surface area contributed by atoms with Gasteiger partial charge in [0.15, 0.2) is 0 Å². The largest absolute Gasteiger partial charge is 0.381 e. The first-order chi connectivity index (χ1) is 15.1. The Morgan fingerprint density at radius 2 is 1.74 bits per heavy atom. The van der Waals surface area contributed by atoms with Crippen LogP contribution in [-0.4, -0.2) is 35.1 Å². The van der Waals surface area contributed by atoms with E-state index in [9.17, 15) is 4.79 Å². The van der Waals surface area contributed by atoms with Crippen LogP contribution in [-0.2, 0) is 4.74 Å². The summed E-state index contributed by atoms with van der Waals surface area (Å²) >= 11 is 6.43. The first-order valence-corrected chi connectivity index (χ1v) is 10.9. The highest BCUT2D eigenvalue weighted by atomic mass is 35.5. The molecule has 1 aliphatic rings. The van der Waals surface area contributed by atoms with Crippen LogP contribution < -0.4 is 16.2 Å². The van der Waals surface area contributed by atoms with Crippen LogP contribution in [0.25, 0.3) is 5.69 Å². The van der Waals surface area contributed by atoms with Gasteiger partial charge in [-0.05, 0) is 37.5 Å². The minimum atomic E-state index is -0.343. The highest BCUT2D eigenvalue weighted by Crippen LogP contribution is 2.27. The third-order valence-electron chi connectivity index (χ3n) is 5.81. The molecule has 0 spiro atoms. The Morgan fingerprint density at radius 1 is 1.10 bits per heavy atom. The zero-order chi connectivity index (χ0) is 21.7. The number of para-hydroxylation sites is 1. The zero-order valence-corrected chi connectivity index (χ0v) is 18.3. The van der Waals surface area contributed by atoms with Gasteiger partial charge in [0.05, 0.1) is 17.6 Å². The van der Waals surface area contributed by atoms with Crippen LogP contribution in [0.3, 0.4) is 0 Å². The topological polar surface area (TPSA) is 68.2 Å². The summed E-state index contributed by atoms with van der Waals surface area (Å²) in [4.78, 5) is 12.8. The van der Waals surface area contributed by atoms with Crippen LogP contribution in [0.2, 0.25) is 5.02 Å². The van der Waals surface area contributed by atoms with Crippen LogP contribution in [0.5, 0.6) is 0 Å².